The van der Waals surface area contributed by atoms with Gasteiger partial charge in [0.1, 0.15) is 0 Å². The monoisotopic (exact) mass is 368 g/mol. The van der Waals surface area contributed by atoms with Gasteiger partial charge in [0.05, 0.1) is 12.0 Å². The molecule has 1 aromatic rings. The van der Waals surface area contributed by atoms with Gasteiger partial charge in [-0.15, -0.1) is 0 Å². The van der Waals surface area contributed by atoms with Crippen molar-refractivity contribution in [1.82, 2.24) is 9.80 Å². The van der Waals surface area contributed by atoms with E-state index in [4.69, 9.17) is 0 Å². The Kier molecular flexibility index (Phi) is 5.24. The number of aliphatic carboxylic acids is 1. The molecule has 0 radical (unpaired) electrons. The highest BCUT2D eigenvalue weighted by atomic mass is 79.9. The van der Waals surface area contributed by atoms with Gasteiger partial charge >= 0.3 is 5.97 Å². The van der Waals surface area contributed by atoms with Crippen molar-refractivity contribution in [1.29, 1.82) is 0 Å². The minimum atomic E-state index is -0.788. The molecule has 1 aromatic carbocycles. The fraction of sp³-hybridized carbons (Fsp3) is 0.500. The van der Waals surface area contributed by atoms with Crippen LogP contribution in [0, 0.1) is 5.41 Å². The number of carboxylic acids is 1. The largest absolute Gasteiger partial charge is 0.481 e. The van der Waals surface area contributed by atoms with Crippen molar-refractivity contribution in [3.8, 4) is 0 Å². The van der Waals surface area contributed by atoms with Gasteiger partial charge in [0, 0.05) is 24.6 Å². The van der Waals surface area contributed by atoms with E-state index in [9.17, 15) is 14.7 Å². The van der Waals surface area contributed by atoms with Gasteiger partial charge in [-0.25, -0.2) is 0 Å². The lowest BCUT2D eigenvalue weighted by molar-refractivity contribution is -0.147. The summed E-state index contributed by atoms with van der Waals surface area (Å²) in [7, 11) is 1.77. The van der Waals surface area contributed by atoms with Crippen LogP contribution < -0.4 is 0 Å². The van der Waals surface area contributed by atoms with Gasteiger partial charge in [-0.2, -0.15) is 0 Å². The molecule has 0 aromatic heterocycles. The number of hydrogen-bond donors (Lipinski definition) is 1. The highest BCUT2D eigenvalue weighted by Gasteiger charge is 2.40. The number of carboxylic acid groups (broad SMARTS) is 1. The zero-order chi connectivity index (χ0) is 16.3. The number of halogens is 1. The average molecular weight is 369 g/mol. The van der Waals surface area contributed by atoms with Gasteiger partial charge in [0.2, 0.25) is 5.91 Å². The lowest BCUT2D eigenvalue weighted by Gasteiger charge is -2.23. The third-order valence-corrected chi connectivity index (χ3v) is 4.99. The van der Waals surface area contributed by atoms with E-state index in [0.717, 1.165) is 10.0 Å². The molecular weight excluding hydrogens is 348 g/mol. The summed E-state index contributed by atoms with van der Waals surface area (Å²) in [5.74, 6) is -0.783. The molecule has 0 aliphatic carbocycles. The summed E-state index contributed by atoms with van der Waals surface area (Å²) in [5.41, 5.74) is 0.316. The highest BCUT2D eigenvalue weighted by molar-refractivity contribution is 9.10. The zero-order valence-electron chi connectivity index (χ0n) is 12.9. The van der Waals surface area contributed by atoms with Crippen molar-refractivity contribution >= 4 is 27.8 Å². The number of carbonyl (C=O) groups is 2. The first-order valence-corrected chi connectivity index (χ1v) is 8.04. The molecule has 2 rings (SSSR count). The third-order valence-electron chi connectivity index (χ3n) is 4.22. The van der Waals surface area contributed by atoms with Gasteiger partial charge in [-0.1, -0.05) is 34.1 Å². The molecule has 22 heavy (non-hydrogen) atoms. The number of hydrogen-bond acceptors (Lipinski definition) is 3. The first-order valence-electron chi connectivity index (χ1n) is 7.25. The summed E-state index contributed by atoms with van der Waals surface area (Å²) in [5, 5.41) is 9.23. The molecule has 120 valence electrons. The summed E-state index contributed by atoms with van der Waals surface area (Å²) in [6.07, 6.45) is 0.587. The van der Waals surface area contributed by atoms with E-state index >= 15 is 0 Å². The summed E-state index contributed by atoms with van der Waals surface area (Å²) in [4.78, 5) is 27.2. The fourth-order valence-corrected chi connectivity index (χ4v) is 3.06. The van der Waals surface area contributed by atoms with E-state index in [2.05, 4.69) is 15.9 Å². The number of amides is 1. The van der Waals surface area contributed by atoms with Crippen LogP contribution in [-0.2, 0) is 16.1 Å². The third kappa shape index (κ3) is 3.87. The second kappa shape index (κ2) is 6.79. The summed E-state index contributed by atoms with van der Waals surface area (Å²) >= 11 is 3.48. The Labute approximate surface area is 139 Å². The number of rotatable bonds is 5. The number of benzene rings is 1. The molecular formula is C16H21BrN2O3. The highest BCUT2D eigenvalue weighted by Crippen LogP contribution is 2.29. The van der Waals surface area contributed by atoms with Crippen molar-refractivity contribution in [2.75, 3.05) is 26.7 Å². The van der Waals surface area contributed by atoms with Crippen LogP contribution in [0.2, 0.25) is 0 Å². The second-order valence-electron chi connectivity index (χ2n) is 6.17. The SMILES string of the molecule is CN(Cc1ccccc1Br)C(=O)CN1CCC(C)(C(=O)O)C1. The lowest BCUT2D eigenvalue weighted by atomic mass is 9.90. The van der Waals surface area contributed by atoms with E-state index in [1.807, 2.05) is 29.2 Å². The van der Waals surface area contributed by atoms with Gasteiger partial charge < -0.3 is 10.0 Å². The van der Waals surface area contributed by atoms with Crippen molar-refractivity contribution in [2.24, 2.45) is 5.41 Å². The second-order valence-corrected chi connectivity index (χ2v) is 7.02. The molecule has 0 spiro atoms. The van der Waals surface area contributed by atoms with Crippen molar-refractivity contribution < 1.29 is 14.7 Å². The number of likely N-dealkylation sites (tertiary alicyclic amines) is 1. The Hall–Kier alpha value is -1.40. The smallest absolute Gasteiger partial charge is 0.310 e. The lowest BCUT2D eigenvalue weighted by Crippen LogP contribution is -2.39. The molecule has 0 saturated carbocycles. The van der Waals surface area contributed by atoms with Gasteiger partial charge in [-0.3, -0.25) is 14.5 Å². The molecule has 1 saturated heterocycles. The Bertz CT molecular complexity index is 578. The minimum Gasteiger partial charge on any atom is -0.481 e. The maximum Gasteiger partial charge on any atom is 0.310 e. The standard InChI is InChI=1S/C16H21BrN2O3/c1-16(15(21)22)7-8-19(11-16)10-14(20)18(2)9-12-5-3-4-6-13(12)17/h3-6H,7-11H2,1-2H3,(H,21,22). The first kappa shape index (κ1) is 17.0. The molecule has 5 nitrogen and oxygen atoms in total. The van der Waals surface area contributed by atoms with Crippen molar-refractivity contribution in [3.05, 3.63) is 34.3 Å². The van der Waals surface area contributed by atoms with Gasteiger partial charge in [0.15, 0.2) is 0 Å². The van der Waals surface area contributed by atoms with Gasteiger partial charge in [0.25, 0.3) is 0 Å². The molecule has 1 aliphatic rings. The molecule has 1 heterocycles. The normalized spacial score (nSPS) is 21.8. The first-order chi connectivity index (χ1) is 10.3. The van der Waals surface area contributed by atoms with E-state index in [1.54, 1.807) is 18.9 Å². The number of likely N-dealkylation sites (N-methyl/N-ethyl adjacent to an activating group) is 1. The fourth-order valence-electron chi connectivity index (χ4n) is 2.65. The van der Waals surface area contributed by atoms with Crippen LogP contribution in [0.1, 0.15) is 18.9 Å². The van der Waals surface area contributed by atoms with Crippen LogP contribution in [0.3, 0.4) is 0 Å². The quantitative estimate of drug-likeness (QED) is 0.865. The average Bonchev–Trinajstić information content (AvgIpc) is 2.84. The maximum atomic E-state index is 12.3. The summed E-state index contributed by atoms with van der Waals surface area (Å²) in [6, 6.07) is 7.81. The molecule has 0 bridgehead atoms. The van der Waals surface area contributed by atoms with Crippen LogP contribution in [0.4, 0.5) is 0 Å². The van der Waals surface area contributed by atoms with Crippen molar-refractivity contribution in [3.63, 3.8) is 0 Å². The molecule has 1 fully saturated rings. The molecule has 1 unspecified atom stereocenters. The summed E-state index contributed by atoms with van der Waals surface area (Å²) in [6.45, 7) is 3.62. The predicted octanol–water partition coefficient (Wildman–Crippen LogP) is 2.20. The topological polar surface area (TPSA) is 60.9 Å². The summed E-state index contributed by atoms with van der Waals surface area (Å²) < 4.78 is 0.981. The zero-order valence-corrected chi connectivity index (χ0v) is 14.5. The van der Waals surface area contributed by atoms with Crippen molar-refractivity contribution in [2.45, 2.75) is 19.9 Å². The molecule has 1 atom stereocenters. The molecule has 6 heteroatoms. The van der Waals surface area contributed by atoms with E-state index in [-0.39, 0.29) is 12.5 Å². The van der Waals surface area contributed by atoms with E-state index in [1.165, 1.54) is 0 Å². The van der Waals surface area contributed by atoms with E-state index in [0.29, 0.717) is 26.1 Å². The van der Waals surface area contributed by atoms with Crippen LogP contribution in [0.25, 0.3) is 0 Å². The van der Waals surface area contributed by atoms with E-state index < -0.39 is 11.4 Å². The van der Waals surface area contributed by atoms with Crippen LogP contribution in [0.15, 0.2) is 28.7 Å². The predicted molar refractivity (Wildman–Crippen MR) is 87.4 cm³/mol. The molecule has 1 aliphatic heterocycles. The molecule has 1 amide bonds. The Balaban J connectivity index is 1.90. The van der Waals surface area contributed by atoms with Crippen LogP contribution in [-0.4, -0.2) is 53.5 Å². The maximum absolute atomic E-state index is 12.3. The number of carbonyl (C=O) groups excluding carboxylic acids is 1. The Morgan fingerprint density at radius 2 is 2.09 bits per heavy atom. The van der Waals surface area contributed by atoms with Gasteiger partial charge in [-0.05, 0) is 31.5 Å². The minimum absolute atomic E-state index is 0.00499. The number of nitrogens with zero attached hydrogens (tertiary/aromatic N) is 2. The van der Waals surface area contributed by atoms with Crippen LogP contribution >= 0.6 is 15.9 Å². The molecule has 1 N–H and O–H groups in total. The Morgan fingerprint density at radius 3 is 2.68 bits per heavy atom. The van der Waals surface area contributed by atoms with Crippen LogP contribution in [0.5, 0.6) is 0 Å². The Morgan fingerprint density at radius 1 is 1.41 bits per heavy atom.